The summed E-state index contributed by atoms with van der Waals surface area (Å²) < 4.78 is 28.0. The second-order valence-corrected chi connectivity index (χ2v) is 5.24. The molecule has 72 valence electrons. The molecule has 0 atom stereocenters. The fourth-order valence-corrected chi connectivity index (χ4v) is 2.42. The summed E-state index contributed by atoms with van der Waals surface area (Å²) in [4.78, 5) is 0. The average molecular weight is 214 g/mol. The average Bonchev–Trinajstić information content (AvgIpc) is 2.69. The molecule has 0 unspecified atom stereocenters. The van der Waals surface area contributed by atoms with Crippen molar-refractivity contribution in [2.24, 2.45) is 0 Å². The second kappa shape index (κ2) is 3.91. The van der Waals surface area contributed by atoms with Crippen LogP contribution in [0.5, 0.6) is 0 Å². The van der Waals surface area contributed by atoms with Crippen molar-refractivity contribution in [2.75, 3.05) is 20.3 Å². The third kappa shape index (κ3) is 2.90. The Bertz CT molecular complexity index is 237. The molecule has 0 bridgehead atoms. The minimum atomic E-state index is -3.55. The molecule has 1 aliphatic carbocycles. The van der Waals surface area contributed by atoms with Crippen LogP contribution in [0.25, 0.3) is 0 Å². The first-order valence-electron chi connectivity index (χ1n) is 3.76. The maximum Gasteiger partial charge on any atom is 0.300 e. The van der Waals surface area contributed by atoms with Gasteiger partial charge in [-0.3, -0.25) is 0 Å². The summed E-state index contributed by atoms with van der Waals surface area (Å²) >= 11 is 0. The summed E-state index contributed by atoms with van der Waals surface area (Å²) in [5, 5.41) is 0. The van der Waals surface area contributed by atoms with E-state index in [2.05, 4.69) is 0 Å². The van der Waals surface area contributed by atoms with Crippen LogP contribution in [0, 0.1) is 0 Å². The van der Waals surface area contributed by atoms with Gasteiger partial charge in [0.05, 0.1) is 6.61 Å². The number of hydrogen-bond acceptors (Lipinski definition) is 3. The van der Waals surface area contributed by atoms with Crippen LogP contribution in [-0.4, -0.2) is 39.0 Å². The monoisotopic (exact) mass is 213 g/mol. The van der Waals surface area contributed by atoms with Gasteiger partial charge in [0.25, 0.3) is 9.24 Å². The molecular formula is C6H12ClNO3S. The van der Waals surface area contributed by atoms with E-state index in [-0.39, 0.29) is 6.04 Å². The predicted octanol–water partition coefficient (Wildman–Crippen LogP) is 0.581. The smallest absolute Gasteiger partial charge is 0.300 e. The van der Waals surface area contributed by atoms with Crippen LogP contribution in [0.3, 0.4) is 0 Å². The highest BCUT2D eigenvalue weighted by molar-refractivity contribution is 8.11. The van der Waals surface area contributed by atoms with Crippen molar-refractivity contribution in [1.29, 1.82) is 0 Å². The van der Waals surface area contributed by atoms with Crippen molar-refractivity contribution in [2.45, 2.75) is 18.9 Å². The lowest BCUT2D eigenvalue weighted by Crippen LogP contribution is -2.32. The van der Waals surface area contributed by atoms with Gasteiger partial charge in [0.1, 0.15) is 0 Å². The molecule has 0 aromatic heterocycles. The summed E-state index contributed by atoms with van der Waals surface area (Å²) in [7, 11) is 3.20. The standard InChI is InChI=1S/C6H12ClNO3S/c1-11-5-4-8(6-2-3-6)12(7,9)10/h6H,2-5H2,1H3. The highest BCUT2D eigenvalue weighted by Crippen LogP contribution is 2.30. The second-order valence-electron chi connectivity index (χ2n) is 2.78. The van der Waals surface area contributed by atoms with E-state index < -0.39 is 9.24 Å². The zero-order valence-corrected chi connectivity index (χ0v) is 8.44. The molecule has 0 radical (unpaired) electrons. The van der Waals surface area contributed by atoms with Crippen LogP contribution in [-0.2, 0) is 14.0 Å². The van der Waals surface area contributed by atoms with Gasteiger partial charge in [-0.25, -0.2) is 0 Å². The summed E-state index contributed by atoms with van der Waals surface area (Å²) in [5.41, 5.74) is 0. The zero-order valence-electron chi connectivity index (χ0n) is 6.86. The van der Waals surface area contributed by atoms with E-state index in [1.54, 1.807) is 0 Å². The van der Waals surface area contributed by atoms with Gasteiger partial charge in [-0.15, -0.1) is 0 Å². The predicted molar refractivity (Wildman–Crippen MR) is 46.4 cm³/mol. The number of nitrogens with zero attached hydrogens (tertiary/aromatic N) is 1. The number of hydrogen-bond donors (Lipinski definition) is 0. The minimum absolute atomic E-state index is 0.114. The highest BCUT2D eigenvalue weighted by Gasteiger charge is 2.35. The van der Waals surface area contributed by atoms with E-state index in [1.807, 2.05) is 0 Å². The van der Waals surface area contributed by atoms with Crippen LogP contribution >= 0.6 is 10.7 Å². The molecule has 12 heavy (non-hydrogen) atoms. The topological polar surface area (TPSA) is 46.6 Å². The number of rotatable bonds is 5. The lowest BCUT2D eigenvalue weighted by Gasteiger charge is -2.16. The number of methoxy groups -OCH3 is 1. The van der Waals surface area contributed by atoms with Crippen molar-refractivity contribution in [1.82, 2.24) is 4.31 Å². The van der Waals surface area contributed by atoms with Crippen LogP contribution in [0.1, 0.15) is 12.8 Å². The first-order valence-corrected chi connectivity index (χ1v) is 6.02. The fraction of sp³-hybridized carbons (Fsp3) is 1.00. The zero-order chi connectivity index (χ0) is 9.19. The summed E-state index contributed by atoms with van der Waals surface area (Å²) in [6, 6.07) is 0.114. The van der Waals surface area contributed by atoms with Gasteiger partial charge in [-0.1, -0.05) is 0 Å². The molecule has 0 N–H and O–H groups in total. The lowest BCUT2D eigenvalue weighted by molar-refractivity contribution is 0.178. The molecule has 6 heteroatoms. The fourth-order valence-electron chi connectivity index (χ4n) is 1.01. The van der Waals surface area contributed by atoms with Crippen molar-refractivity contribution < 1.29 is 13.2 Å². The van der Waals surface area contributed by atoms with E-state index in [1.165, 1.54) is 11.4 Å². The molecule has 4 nitrogen and oxygen atoms in total. The molecule has 1 aliphatic rings. The van der Waals surface area contributed by atoms with E-state index in [4.69, 9.17) is 15.4 Å². The van der Waals surface area contributed by atoms with Crippen LogP contribution in [0.15, 0.2) is 0 Å². The van der Waals surface area contributed by atoms with Gasteiger partial charge >= 0.3 is 0 Å². The van der Waals surface area contributed by atoms with Gasteiger partial charge in [0.15, 0.2) is 0 Å². The van der Waals surface area contributed by atoms with Crippen molar-refractivity contribution in [3.63, 3.8) is 0 Å². The lowest BCUT2D eigenvalue weighted by atomic mass is 10.6. The SMILES string of the molecule is COCCN(C1CC1)S(=O)(=O)Cl. The Kier molecular flexibility index (Phi) is 3.34. The Hall–Kier alpha value is 0.160. The largest absolute Gasteiger partial charge is 0.383 e. The van der Waals surface area contributed by atoms with E-state index in [0.717, 1.165) is 12.8 Å². The van der Waals surface area contributed by atoms with Gasteiger partial charge < -0.3 is 4.74 Å². The van der Waals surface area contributed by atoms with E-state index >= 15 is 0 Å². The Morgan fingerprint density at radius 2 is 2.17 bits per heavy atom. The normalized spacial score (nSPS) is 18.6. The third-order valence-corrected chi connectivity index (χ3v) is 3.32. The van der Waals surface area contributed by atoms with Crippen LogP contribution in [0.4, 0.5) is 0 Å². The molecule has 0 aliphatic heterocycles. The van der Waals surface area contributed by atoms with Gasteiger partial charge in [0.2, 0.25) is 0 Å². The van der Waals surface area contributed by atoms with Crippen LogP contribution in [0.2, 0.25) is 0 Å². The Balaban J connectivity index is 2.49. The Morgan fingerprint density at radius 1 is 1.58 bits per heavy atom. The molecule has 0 spiro atoms. The Morgan fingerprint density at radius 3 is 2.50 bits per heavy atom. The summed E-state index contributed by atoms with van der Waals surface area (Å²) in [6.07, 6.45) is 1.82. The van der Waals surface area contributed by atoms with E-state index in [9.17, 15) is 8.42 Å². The summed E-state index contributed by atoms with van der Waals surface area (Å²) in [5.74, 6) is 0. The third-order valence-electron chi connectivity index (χ3n) is 1.75. The van der Waals surface area contributed by atoms with Gasteiger partial charge in [0, 0.05) is 30.4 Å². The maximum atomic E-state index is 11.0. The number of halogens is 1. The molecule has 0 heterocycles. The van der Waals surface area contributed by atoms with E-state index in [0.29, 0.717) is 13.2 Å². The Labute approximate surface area is 77.0 Å². The molecule has 1 saturated carbocycles. The van der Waals surface area contributed by atoms with Gasteiger partial charge in [-0.05, 0) is 12.8 Å². The first kappa shape index (κ1) is 10.2. The molecule has 0 aromatic rings. The first-order chi connectivity index (χ1) is 5.55. The summed E-state index contributed by atoms with van der Waals surface area (Å²) in [6.45, 7) is 0.745. The van der Waals surface area contributed by atoms with Crippen LogP contribution < -0.4 is 0 Å². The number of ether oxygens (including phenoxy) is 1. The van der Waals surface area contributed by atoms with Crippen molar-refractivity contribution in [3.05, 3.63) is 0 Å². The molecule has 0 aromatic carbocycles. The molecular weight excluding hydrogens is 202 g/mol. The molecule has 0 saturated heterocycles. The molecule has 0 amide bonds. The van der Waals surface area contributed by atoms with Gasteiger partial charge in [-0.2, -0.15) is 12.7 Å². The maximum absolute atomic E-state index is 11.0. The van der Waals surface area contributed by atoms with Crippen molar-refractivity contribution in [3.8, 4) is 0 Å². The highest BCUT2D eigenvalue weighted by atomic mass is 35.7. The molecule has 1 rings (SSSR count). The van der Waals surface area contributed by atoms with Crippen molar-refractivity contribution >= 4 is 19.9 Å². The minimum Gasteiger partial charge on any atom is -0.383 e. The molecule has 1 fully saturated rings. The quantitative estimate of drug-likeness (QED) is 0.628.